The zero-order valence-corrected chi connectivity index (χ0v) is 23.2. The first-order valence-corrected chi connectivity index (χ1v) is 15.2. The molecule has 0 radical (unpaired) electrons. The van der Waals surface area contributed by atoms with Gasteiger partial charge in [-0.15, -0.1) is 0 Å². The molecule has 2 aromatic carbocycles. The highest BCUT2D eigenvalue weighted by Crippen LogP contribution is 2.38. The molecule has 2 N–H and O–H groups in total. The first-order valence-electron chi connectivity index (χ1n) is 12.3. The lowest BCUT2D eigenvalue weighted by Gasteiger charge is -2.38. The van der Waals surface area contributed by atoms with Gasteiger partial charge in [-0.25, -0.2) is 9.18 Å². The Morgan fingerprint density at radius 3 is 2.33 bits per heavy atom. The molecule has 0 fully saturated rings. The average Bonchev–Trinajstić information content (AvgIpc) is 2.79. The predicted octanol–water partition coefficient (Wildman–Crippen LogP) is 6.67. The van der Waals surface area contributed by atoms with Gasteiger partial charge in [0, 0.05) is 23.8 Å². The van der Waals surface area contributed by atoms with E-state index in [2.05, 4.69) is 53.0 Å². The number of nitrogens with zero attached hydrogens (tertiary/aromatic N) is 1. The Morgan fingerprint density at radius 2 is 1.78 bits per heavy atom. The van der Waals surface area contributed by atoms with Gasteiger partial charge < -0.3 is 19.4 Å². The van der Waals surface area contributed by atoms with Crippen LogP contribution in [0.4, 0.5) is 10.1 Å². The van der Waals surface area contributed by atoms with E-state index in [4.69, 9.17) is 4.43 Å². The van der Waals surface area contributed by atoms with E-state index >= 15 is 0 Å². The summed E-state index contributed by atoms with van der Waals surface area (Å²) in [7, 11) is -2.04. The van der Waals surface area contributed by atoms with Gasteiger partial charge in [-0.1, -0.05) is 46.8 Å². The number of halogens is 1. The SMILES string of the molecule is CC(C)C(CO[Si](C)(C)C(C)(C)C)n1cc(C(=O)O)c(=O)c2cc(NCc3ccc(F)cc3)ccc21. The third kappa shape index (κ3) is 6.05. The van der Waals surface area contributed by atoms with Gasteiger partial charge in [-0.3, -0.25) is 4.79 Å². The number of fused-ring (bicyclic) bond motifs is 1. The minimum atomic E-state index is -2.04. The number of hydrogen-bond acceptors (Lipinski definition) is 4. The molecule has 0 saturated carbocycles. The molecule has 0 saturated heterocycles. The van der Waals surface area contributed by atoms with E-state index in [1.54, 1.807) is 18.2 Å². The Bertz CT molecular complexity index is 1290. The Kier molecular flexibility index (Phi) is 8.10. The number of nitrogens with one attached hydrogen (secondary N) is 1. The smallest absolute Gasteiger partial charge is 0.341 e. The van der Waals surface area contributed by atoms with E-state index in [-0.39, 0.29) is 28.4 Å². The van der Waals surface area contributed by atoms with Crippen LogP contribution in [0.3, 0.4) is 0 Å². The molecule has 8 heteroatoms. The Balaban J connectivity index is 2.03. The van der Waals surface area contributed by atoms with Gasteiger partial charge in [0.2, 0.25) is 5.43 Å². The lowest BCUT2D eigenvalue weighted by Crippen LogP contribution is -2.42. The minimum absolute atomic E-state index is 0.0391. The molecule has 0 aliphatic rings. The van der Waals surface area contributed by atoms with Crippen molar-refractivity contribution in [3.8, 4) is 0 Å². The van der Waals surface area contributed by atoms with E-state index < -0.39 is 19.7 Å². The van der Waals surface area contributed by atoms with Gasteiger partial charge >= 0.3 is 5.97 Å². The van der Waals surface area contributed by atoms with Crippen molar-refractivity contribution in [3.05, 3.63) is 75.8 Å². The monoisotopic (exact) mass is 512 g/mol. The Morgan fingerprint density at radius 1 is 1.14 bits per heavy atom. The summed E-state index contributed by atoms with van der Waals surface area (Å²) < 4.78 is 21.6. The number of rotatable bonds is 9. The number of aromatic carboxylic acids is 1. The lowest BCUT2D eigenvalue weighted by atomic mass is 10.0. The molecule has 0 aliphatic carbocycles. The first kappa shape index (κ1) is 27.6. The number of pyridine rings is 1. The molecule has 3 aromatic rings. The number of carbonyl (C=O) groups is 1. The molecule has 1 heterocycles. The average molecular weight is 513 g/mol. The highest BCUT2D eigenvalue weighted by molar-refractivity contribution is 6.74. The molecule has 0 amide bonds. The third-order valence-corrected chi connectivity index (χ3v) is 11.7. The maximum absolute atomic E-state index is 13.2. The zero-order valence-electron chi connectivity index (χ0n) is 22.2. The van der Waals surface area contributed by atoms with E-state index in [0.717, 1.165) is 5.56 Å². The van der Waals surface area contributed by atoms with Gasteiger partial charge in [0.25, 0.3) is 0 Å². The highest BCUT2D eigenvalue weighted by Gasteiger charge is 2.38. The molecule has 3 rings (SSSR count). The summed E-state index contributed by atoms with van der Waals surface area (Å²) in [6.07, 6.45) is 1.46. The number of benzene rings is 2. The van der Waals surface area contributed by atoms with Crippen molar-refractivity contribution in [3.63, 3.8) is 0 Å². The largest absolute Gasteiger partial charge is 0.477 e. The first-order chi connectivity index (χ1) is 16.7. The van der Waals surface area contributed by atoms with E-state index in [0.29, 0.717) is 29.7 Å². The summed E-state index contributed by atoms with van der Waals surface area (Å²) in [6.45, 7) is 15.9. The van der Waals surface area contributed by atoms with Crippen LogP contribution in [-0.2, 0) is 11.0 Å². The van der Waals surface area contributed by atoms with Crippen molar-refractivity contribution in [1.82, 2.24) is 4.57 Å². The predicted molar refractivity (Wildman–Crippen MR) is 146 cm³/mol. The minimum Gasteiger partial charge on any atom is -0.477 e. The van der Waals surface area contributed by atoms with Crippen molar-refractivity contribution in [2.75, 3.05) is 11.9 Å². The molecule has 0 aliphatic heterocycles. The van der Waals surface area contributed by atoms with Crippen LogP contribution in [0.1, 0.15) is 56.6 Å². The summed E-state index contributed by atoms with van der Waals surface area (Å²) in [5, 5.41) is 13.4. The Hall–Kier alpha value is -2.97. The van der Waals surface area contributed by atoms with Crippen LogP contribution in [0.2, 0.25) is 18.1 Å². The van der Waals surface area contributed by atoms with Gasteiger partial charge in [0.15, 0.2) is 8.32 Å². The standard InChI is InChI=1S/C28H37FN2O4Si/c1-18(2)25(17-35-36(6,7)28(3,4)5)31-16-23(27(33)34)26(32)22-14-21(12-13-24(22)31)30-15-19-8-10-20(29)11-9-19/h8-14,16,18,25,30H,15,17H2,1-7H3,(H,33,34). The maximum Gasteiger partial charge on any atom is 0.341 e. The molecule has 36 heavy (non-hydrogen) atoms. The van der Waals surface area contributed by atoms with Gasteiger partial charge in [0.05, 0.1) is 18.2 Å². The van der Waals surface area contributed by atoms with E-state index in [1.807, 2.05) is 16.7 Å². The highest BCUT2D eigenvalue weighted by atomic mass is 28.4. The van der Waals surface area contributed by atoms with Crippen LogP contribution >= 0.6 is 0 Å². The maximum atomic E-state index is 13.2. The fraction of sp³-hybridized carbons (Fsp3) is 0.429. The summed E-state index contributed by atoms with van der Waals surface area (Å²) in [4.78, 5) is 25.1. The van der Waals surface area contributed by atoms with Gasteiger partial charge in [0.1, 0.15) is 11.4 Å². The second-order valence-electron chi connectivity index (χ2n) is 11.2. The molecule has 194 valence electrons. The van der Waals surface area contributed by atoms with Crippen LogP contribution in [0, 0.1) is 11.7 Å². The summed E-state index contributed by atoms with van der Waals surface area (Å²) in [5.41, 5.74) is 1.44. The summed E-state index contributed by atoms with van der Waals surface area (Å²) in [5.74, 6) is -1.42. The fourth-order valence-electron chi connectivity index (χ4n) is 3.80. The van der Waals surface area contributed by atoms with Gasteiger partial charge in [-0.05, 0) is 59.9 Å². The summed E-state index contributed by atoms with van der Waals surface area (Å²) >= 11 is 0. The van der Waals surface area contributed by atoms with Crippen LogP contribution < -0.4 is 10.7 Å². The third-order valence-electron chi connectivity index (χ3n) is 7.22. The van der Waals surface area contributed by atoms with Crippen molar-refractivity contribution in [2.45, 2.75) is 65.3 Å². The molecule has 1 atom stereocenters. The van der Waals surface area contributed by atoms with Crippen LogP contribution in [-0.4, -0.2) is 30.6 Å². The quantitative estimate of drug-likeness (QED) is 0.313. The number of hydrogen-bond donors (Lipinski definition) is 2. The number of carboxylic acid groups (broad SMARTS) is 1. The molecular formula is C28H37FN2O4Si. The zero-order chi connectivity index (χ0) is 26.8. The number of anilines is 1. The van der Waals surface area contributed by atoms with Crippen molar-refractivity contribution in [1.29, 1.82) is 0 Å². The summed E-state index contributed by atoms with van der Waals surface area (Å²) in [6, 6.07) is 11.4. The lowest BCUT2D eigenvalue weighted by molar-refractivity contribution is 0.0694. The molecular weight excluding hydrogens is 475 g/mol. The van der Waals surface area contributed by atoms with Crippen LogP contribution in [0.5, 0.6) is 0 Å². The van der Waals surface area contributed by atoms with Crippen LogP contribution in [0.15, 0.2) is 53.5 Å². The number of aromatic nitrogens is 1. The fourth-order valence-corrected chi connectivity index (χ4v) is 4.82. The van der Waals surface area contributed by atoms with Crippen molar-refractivity contribution >= 4 is 30.9 Å². The topological polar surface area (TPSA) is 80.6 Å². The normalized spacial score (nSPS) is 13.2. The van der Waals surface area contributed by atoms with Gasteiger partial charge in [-0.2, -0.15) is 0 Å². The molecule has 0 bridgehead atoms. The molecule has 6 nitrogen and oxygen atoms in total. The van der Waals surface area contributed by atoms with E-state index in [9.17, 15) is 19.1 Å². The van der Waals surface area contributed by atoms with Crippen molar-refractivity contribution in [2.24, 2.45) is 5.92 Å². The van der Waals surface area contributed by atoms with Crippen molar-refractivity contribution < 1.29 is 18.7 Å². The molecule has 1 aromatic heterocycles. The van der Waals surface area contributed by atoms with E-state index in [1.165, 1.54) is 18.3 Å². The molecule has 0 spiro atoms. The number of carboxylic acids is 1. The second-order valence-corrected chi connectivity index (χ2v) is 16.0. The van der Waals surface area contributed by atoms with Crippen LogP contribution in [0.25, 0.3) is 10.9 Å². The second kappa shape index (κ2) is 10.6. The molecule has 1 unspecified atom stereocenters. The Labute approximate surface area is 213 Å².